The third-order valence-electron chi connectivity index (χ3n) is 6.86. The van der Waals surface area contributed by atoms with Gasteiger partial charge in [-0.1, -0.05) is 29.8 Å². The van der Waals surface area contributed by atoms with Gasteiger partial charge in [0.25, 0.3) is 5.91 Å². The number of nitrogens with one attached hydrogen (secondary N) is 3. The van der Waals surface area contributed by atoms with Gasteiger partial charge in [-0.3, -0.25) is 19.7 Å². The minimum atomic E-state index is -3.32. The van der Waals surface area contributed by atoms with Gasteiger partial charge in [-0.25, -0.2) is 18.0 Å². The van der Waals surface area contributed by atoms with Crippen LogP contribution in [0.5, 0.6) is 0 Å². The van der Waals surface area contributed by atoms with Gasteiger partial charge in [0.15, 0.2) is 8.87 Å². The van der Waals surface area contributed by atoms with Gasteiger partial charge < -0.3 is 25.0 Å². The van der Waals surface area contributed by atoms with Gasteiger partial charge in [0.1, 0.15) is 12.6 Å². The number of carbonyl (C=O) groups is 5. The molecular formula is C29H33ClN4O9S2. The van der Waals surface area contributed by atoms with E-state index in [0.717, 1.165) is 17.4 Å². The average molecular weight is 681 g/mol. The zero-order valence-corrected chi connectivity index (χ0v) is 27.2. The van der Waals surface area contributed by atoms with E-state index < -0.39 is 37.8 Å². The van der Waals surface area contributed by atoms with Gasteiger partial charge >= 0.3 is 12.2 Å². The Kier molecular flexibility index (Phi) is 10.7. The molecule has 2 aromatic rings. The number of fused-ring (bicyclic) bond motifs is 1. The molecular weight excluding hydrogens is 648 g/mol. The third-order valence-corrected chi connectivity index (χ3v) is 10.3. The SMILES string of the molecule is CC(C)(COC(=O)OCCc1ccc(NC(=O)NCc2ccc3c(c2)CN(C2CCC(=O)NC2=O)C3=O)cc1Cl)SS(C)(=O)=O. The van der Waals surface area contributed by atoms with Crippen molar-refractivity contribution in [1.29, 1.82) is 0 Å². The van der Waals surface area contributed by atoms with Crippen molar-refractivity contribution in [2.24, 2.45) is 0 Å². The molecule has 2 aliphatic heterocycles. The fraction of sp³-hybridized carbons (Fsp3) is 0.414. The maximum atomic E-state index is 12.9. The maximum Gasteiger partial charge on any atom is 0.508 e. The van der Waals surface area contributed by atoms with Crippen molar-refractivity contribution in [2.75, 3.05) is 24.8 Å². The lowest BCUT2D eigenvalue weighted by Gasteiger charge is -2.29. The molecule has 0 radical (unpaired) electrons. The van der Waals surface area contributed by atoms with Gasteiger partial charge in [0.2, 0.25) is 11.8 Å². The number of ether oxygens (including phenoxy) is 2. The Morgan fingerprint density at radius 2 is 1.89 bits per heavy atom. The molecule has 2 aliphatic rings. The van der Waals surface area contributed by atoms with Crippen LogP contribution in [0.1, 0.15) is 53.7 Å². The highest BCUT2D eigenvalue weighted by molar-refractivity contribution is 8.72. The van der Waals surface area contributed by atoms with Crippen molar-refractivity contribution >= 4 is 66.9 Å². The lowest BCUT2D eigenvalue weighted by Crippen LogP contribution is -2.52. The summed E-state index contributed by atoms with van der Waals surface area (Å²) >= 11 is 6.36. The van der Waals surface area contributed by atoms with Crippen molar-refractivity contribution in [3.8, 4) is 0 Å². The van der Waals surface area contributed by atoms with E-state index in [0.29, 0.717) is 32.6 Å². The van der Waals surface area contributed by atoms with Gasteiger partial charge in [-0.15, -0.1) is 0 Å². The monoisotopic (exact) mass is 680 g/mol. The number of hydrogen-bond donors (Lipinski definition) is 3. The summed E-state index contributed by atoms with van der Waals surface area (Å²) in [4.78, 5) is 62.5. The molecule has 5 amide bonds. The van der Waals surface area contributed by atoms with Gasteiger partial charge in [0, 0.05) is 48.5 Å². The van der Waals surface area contributed by atoms with Gasteiger partial charge in [-0.2, -0.15) is 0 Å². The van der Waals surface area contributed by atoms with Crippen molar-refractivity contribution in [3.05, 3.63) is 63.7 Å². The van der Waals surface area contributed by atoms with Crippen LogP contribution in [0, 0.1) is 0 Å². The molecule has 1 fully saturated rings. The smallest absolute Gasteiger partial charge is 0.434 e. The molecule has 45 heavy (non-hydrogen) atoms. The number of halogens is 1. The molecule has 1 saturated heterocycles. The molecule has 13 nitrogen and oxygen atoms in total. The summed E-state index contributed by atoms with van der Waals surface area (Å²) in [5, 5.41) is 8.08. The second-order valence-electron chi connectivity index (χ2n) is 11.2. The first-order valence-corrected chi connectivity index (χ1v) is 17.5. The highest BCUT2D eigenvalue weighted by Crippen LogP contribution is 2.30. The first-order chi connectivity index (χ1) is 21.1. The quantitative estimate of drug-likeness (QED) is 0.181. The topological polar surface area (TPSA) is 177 Å². The number of rotatable bonds is 11. The molecule has 1 unspecified atom stereocenters. The van der Waals surface area contributed by atoms with E-state index in [-0.39, 0.29) is 57.4 Å². The van der Waals surface area contributed by atoms with Crippen molar-refractivity contribution in [3.63, 3.8) is 0 Å². The Morgan fingerprint density at radius 1 is 1.13 bits per heavy atom. The first-order valence-electron chi connectivity index (χ1n) is 13.9. The first kappa shape index (κ1) is 34.1. The Bertz CT molecular complexity index is 1630. The number of nitrogens with zero attached hydrogens (tertiary/aromatic N) is 1. The number of imide groups is 1. The van der Waals surface area contributed by atoms with E-state index >= 15 is 0 Å². The molecule has 242 valence electrons. The van der Waals surface area contributed by atoms with E-state index in [4.69, 9.17) is 21.1 Å². The van der Waals surface area contributed by atoms with E-state index in [1.165, 1.54) is 4.90 Å². The van der Waals surface area contributed by atoms with E-state index in [1.807, 2.05) is 0 Å². The normalized spacial score (nSPS) is 16.6. The van der Waals surface area contributed by atoms with Crippen molar-refractivity contribution in [1.82, 2.24) is 15.5 Å². The van der Waals surface area contributed by atoms with Crippen LogP contribution in [0.15, 0.2) is 36.4 Å². The fourth-order valence-corrected chi connectivity index (χ4v) is 8.68. The summed E-state index contributed by atoms with van der Waals surface area (Å²) in [7, 11) is -2.62. The summed E-state index contributed by atoms with van der Waals surface area (Å²) in [6.45, 7) is 3.51. The van der Waals surface area contributed by atoms with E-state index in [2.05, 4.69) is 16.0 Å². The summed E-state index contributed by atoms with van der Waals surface area (Å²) in [5.74, 6) is -1.09. The highest BCUT2D eigenvalue weighted by Gasteiger charge is 2.39. The molecule has 16 heteroatoms. The number of hydrogen-bond acceptors (Lipinski definition) is 10. The maximum absolute atomic E-state index is 12.9. The second-order valence-corrected chi connectivity index (χ2v) is 16.6. The average Bonchev–Trinajstić information content (AvgIpc) is 3.26. The number of piperidine rings is 1. The predicted molar refractivity (Wildman–Crippen MR) is 167 cm³/mol. The van der Waals surface area contributed by atoms with Crippen LogP contribution < -0.4 is 16.0 Å². The Hall–Kier alpha value is -3.82. The van der Waals surface area contributed by atoms with Crippen LogP contribution in [0.4, 0.5) is 15.3 Å². The summed E-state index contributed by atoms with van der Waals surface area (Å²) in [6, 6.07) is 8.91. The Balaban J connectivity index is 1.21. The molecule has 0 spiro atoms. The van der Waals surface area contributed by atoms with Crippen LogP contribution >= 0.6 is 22.4 Å². The number of carbonyl (C=O) groups excluding carboxylic acids is 5. The summed E-state index contributed by atoms with van der Waals surface area (Å²) in [6.07, 6.45) is 0.890. The molecule has 0 bridgehead atoms. The minimum absolute atomic E-state index is 0.0247. The lowest BCUT2D eigenvalue weighted by molar-refractivity contribution is -0.136. The lowest BCUT2D eigenvalue weighted by atomic mass is 10.0. The highest BCUT2D eigenvalue weighted by atomic mass is 35.5. The van der Waals surface area contributed by atoms with Crippen molar-refractivity contribution < 1.29 is 41.9 Å². The summed E-state index contributed by atoms with van der Waals surface area (Å²) < 4.78 is 32.2. The number of urea groups is 1. The largest absolute Gasteiger partial charge is 0.508 e. The van der Waals surface area contributed by atoms with Crippen LogP contribution in [-0.4, -0.2) is 73.5 Å². The number of amides is 5. The predicted octanol–water partition coefficient (Wildman–Crippen LogP) is 3.59. The van der Waals surface area contributed by atoms with Crippen LogP contribution in [0.25, 0.3) is 0 Å². The van der Waals surface area contributed by atoms with E-state index in [1.54, 1.807) is 50.2 Å². The van der Waals surface area contributed by atoms with Gasteiger partial charge in [0.05, 0.1) is 11.4 Å². The van der Waals surface area contributed by atoms with Gasteiger partial charge in [-0.05, 0) is 66.0 Å². The molecule has 2 aromatic carbocycles. The van der Waals surface area contributed by atoms with Crippen molar-refractivity contribution in [2.45, 2.75) is 57.0 Å². The molecule has 2 heterocycles. The standard InChI is InChI=1S/C29H33ClN4O9S2/c1-29(2,44-45(3,40)41)16-43-28(39)42-11-10-18-5-6-20(13-22(18)30)32-27(38)31-14-17-4-7-21-19(12-17)15-34(26(21)37)23-8-9-24(35)33-25(23)36/h4-7,12-13,23H,8-11,14-16H2,1-3H3,(H2,31,32,38)(H,33,35,36). The van der Waals surface area contributed by atoms with Crippen LogP contribution in [-0.2, 0) is 47.4 Å². The van der Waals surface area contributed by atoms with Crippen LogP contribution in [0.2, 0.25) is 5.02 Å². The fourth-order valence-electron chi connectivity index (χ4n) is 4.88. The number of benzene rings is 2. The van der Waals surface area contributed by atoms with E-state index in [9.17, 15) is 32.4 Å². The Labute approximate surface area is 269 Å². The zero-order chi connectivity index (χ0) is 32.9. The number of anilines is 1. The van der Waals surface area contributed by atoms with Crippen LogP contribution in [0.3, 0.4) is 0 Å². The Morgan fingerprint density at radius 3 is 2.58 bits per heavy atom. The third kappa shape index (κ3) is 9.58. The second kappa shape index (κ2) is 14.1. The molecule has 0 saturated carbocycles. The molecule has 0 aromatic heterocycles. The zero-order valence-electron chi connectivity index (χ0n) is 24.8. The minimum Gasteiger partial charge on any atom is -0.434 e. The molecule has 4 rings (SSSR count). The molecule has 1 atom stereocenters. The molecule has 0 aliphatic carbocycles. The molecule has 3 N–H and O–H groups in total. The summed E-state index contributed by atoms with van der Waals surface area (Å²) in [5.41, 5.74) is 3.08.